The summed E-state index contributed by atoms with van der Waals surface area (Å²) >= 11 is 11.1. The Morgan fingerprint density at radius 3 is 2.88 bits per heavy atom. The van der Waals surface area contributed by atoms with E-state index in [4.69, 9.17) is 11.6 Å². The van der Waals surface area contributed by atoms with Gasteiger partial charge in [-0.15, -0.1) is 11.3 Å². The molecule has 0 aliphatic rings. The smallest absolute Gasteiger partial charge is 0.0935 e. The van der Waals surface area contributed by atoms with Gasteiger partial charge in [0, 0.05) is 13.6 Å². The van der Waals surface area contributed by atoms with Gasteiger partial charge in [0.1, 0.15) is 0 Å². The molecule has 2 rings (SSSR count). The molecule has 0 aromatic carbocycles. The Labute approximate surface area is 112 Å². The minimum Gasteiger partial charge on any atom is -0.314 e. The van der Waals surface area contributed by atoms with Gasteiger partial charge in [0.05, 0.1) is 25.1 Å². The maximum atomic E-state index is 5.94. The molecule has 2 aromatic heterocycles. The van der Waals surface area contributed by atoms with E-state index in [1.165, 1.54) is 0 Å². The molecule has 0 bridgehead atoms. The number of aryl methyl sites for hydroxylation is 1. The number of aromatic nitrogens is 2. The van der Waals surface area contributed by atoms with E-state index in [0.29, 0.717) is 0 Å². The van der Waals surface area contributed by atoms with Gasteiger partial charge in [-0.1, -0.05) is 11.6 Å². The van der Waals surface area contributed by atoms with E-state index in [9.17, 15) is 0 Å². The van der Waals surface area contributed by atoms with Gasteiger partial charge >= 0.3 is 0 Å². The van der Waals surface area contributed by atoms with Crippen LogP contribution in [-0.2, 0) is 13.6 Å². The number of halogens is 2. The minimum absolute atomic E-state index is 0.744. The molecule has 0 atom stereocenters. The molecule has 0 radical (unpaired) electrons. The van der Waals surface area contributed by atoms with Crippen molar-refractivity contribution in [1.82, 2.24) is 15.1 Å². The van der Waals surface area contributed by atoms with Crippen LogP contribution in [0, 0.1) is 0 Å². The monoisotopic (exact) mass is 319 g/mol. The van der Waals surface area contributed by atoms with Crippen molar-refractivity contribution >= 4 is 38.9 Å². The maximum Gasteiger partial charge on any atom is 0.0935 e. The minimum atomic E-state index is 0.744. The van der Waals surface area contributed by atoms with Crippen LogP contribution < -0.4 is 5.32 Å². The molecule has 1 N–H and O–H groups in total. The molecule has 86 valence electrons. The second-order valence-corrected chi connectivity index (χ2v) is 5.88. The van der Waals surface area contributed by atoms with E-state index in [0.717, 1.165) is 31.6 Å². The number of thiophene rings is 1. The SMILES string of the molecule is CNCc1nn(C)c(-c2ccc(Cl)s2)c1Br. The summed E-state index contributed by atoms with van der Waals surface area (Å²) < 4.78 is 3.69. The largest absolute Gasteiger partial charge is 0.314 e. The molecule has 0 aliphatic carbocycles. The molecule has 2 aromatic rings. The number of hydrogen-bond donors (Lipinski definition) is 1. The van der Waals surface area contributed by atoms with Gasteiger partial charge in [-0.2, -0.15) is 5.10 Å². The van der Waals surface area contributed by atoms with Crippen molar-refractivity contribution in [1.29, 1.82) is 0 Å². The molecule has 0 unspecified atom stereocenters. The third-order valence-corrected chi connectivity index (χ3v) is 4.28. The van der Waals surface area contributed by atoms with Crippen LogP contribution >= 0.6 is 38.9 Å². The van der Waals surface area contributed by atoms with Gasteiger partial charge in [0.15, 0.2) is 0 Å². The Kier molecular flexibility index (Phi) is 3.69. The second-order valence-electron chi connectivity index (χ2n) is 3.37. The highest BCUT2D eigenvalue weighted by atomic mass is 79.9. The highest BCUT2D eigenvalue weighted by Gasteiger charge is 2.16. The zero-order valence-electron chi connectivity index (χ0n) is 8.92. The van der Waals surface area contributed by atoms with Gasteiger partial charge in [0.25, 0.3) is 0 Å². The third kappa shape index (κ3) is 2.18. The van der Waals surface area contributed by atoms with E-state index in [1.807, 2.05) is 30.9 Å². The molecule has 0 amide bonds. The number of hydrogen-bond acceptors (Lipinski definition) is 3. The van der Waals surface area contributed by atoms with E-state index < -0.39 is 0 Å². The first-order valence-electron chi connectivity index (χ1n) is 4.75. The average molecular weight is 321 g/mol. The fourth-order valence-corrected chi connectivity index (χ4v) is 3.49. The Morgan fingerprint density at radius 2 is 2.31 bits per heavy atom. The molecule has 0 saturated heterocycles. The third-order valence-electron chi connectivity index (χ3n) is 2.21. The summed E-state index contributed by atoms with van der Waals surface area (Å²) in [6, 6.07) is 3.91. The van der Waals surface area contributed by atoms with E-state index in [2.05, 4.69) is 26.3 Å². The van der Waals surface area contributed by atoms with Crippen LogP contribution in [-0.4, -0.2) is 16.8 Å². The van der Waals surface area contributed by atoms with Crippen LogP contribution in [0.5, 0.6) is 0 Å². The normalized spacial score (nSPS) is 11.0. The van der Waals surface area contributed by atoms with Gasteiger partial charge in [-0.05, 0) is 35.1 Å². The molecular weight excluding hydrogens is 310 g/mol. The highest BCUT2D eigenvalue weighted by molar-refractivity contribution is 9.10. The summed E-state index contributed by atoms with van der Waals surface area (Å²) in [5.41, 5.74) is 2.08. The number of rotatable bonds is 3. The summed E-state index contributed by atoms with van der Waals surface area (Å²) in [6.07, 6.45) is 0. The summed E-state index contributed by atoms with van der Waals surface area (Å²) in [6.45, 7) is 0.744. The standard InChI is InChI=1S/C10H11BrClN3S/c1-13-5-6-9(11)10(15(2)14-6)7-3-4-8(12)16-7/h3-4,13H,5H2,1-2H3. The molecular formula is C10H11BrClN3S. The lowest BCUT2D eigenvalue weighted by atomic mass is 10.3. The van der Waals surface area contributed by atoms with Crippen LogP contribution in [0.4, 0.5) is 0 Å². The van der Waals surface area contributed by atoms with Crippen molar-refractivity contribution in [2.24, 2.45) is 7.05 Å². The fraction of sp³-hybridized carbons (Fsp3) is 0.300. The second kappa shape index (κ2) is 4.87. The Balaban J connectivity index is 2.48. The van der Waals surface area contributed by atoms with Crippen molar-refractivity contribution in [3.05, 3.63) is 26.6 Å². The molecule has 3 nitrogen and oxygen atoms in total. The van der Waals surface area contributed by atoms with E-state index in [1.54, 1.807) is 11.3 Å². The van der Waals surface area contributed by atoms with Crippen LogP contribution in [0.15, 0.2) is 16.6 Å². The summed E-state index contributed by atoms with van der Waals surface area (Å²) in [4.78, 5) is 1.12. The Bertz CT molecular complexity index is 506. The Hall–Kier alpha value is -0.360. The predicted molar refractivity (Wildman–Crippen MR) is 72.0 cm³/mol. The molecule has 16 heavy (non-hydrogen) atoms. The topological polar surface area (TPSA) is 29.9 Å². The summed E-state index contributed by atoms with van der Waals surface area (Å²) in [5, 5.41) is 7.55. The molecule has 0 saturated carbocycles. The molecule has 6 heteroatoms. The van der Waals surface area contributed by atoms with Crippen molar-refractivity contribution in [3.8, 4) is 10.6 Å². The average Bonchev–Trinajstić information content (AvgIpc) is 2.74. The fourth-order valence-electron chi connectivity index (χ4n) is 1.54. The lowest BCUT2D eigenvalue weighted by Gasteiger charge is -1.98. The summed E-state index contributed by atoms with van der Waals surface area (Å²) in [7, 11) is 3.84. The quantitative estimate of drug-likeness (QED) is 0.940. The first kappa shape index (κ1) is 12.1. The highest BCUT2D eigenvalue weighted by Crippen LogP contribution is 2.36. The van der Waals surface area contributed by atoms with Gasteiger partial charge < -0.3 is 5.32 Å². The Morgan fingerprint density at radius 1 is 1.56 bits per heavy atom. The zero-order chi connectivity index (χ0) is 11.7. The zero-order valence-corrected chi connectivity index (χ0v) is 12.1. The van der Waals surface area contributed by atoms with Crippen LogP contribution in [0.1, 0.15) is 5.69 Å². The molecule has 0 aliphatic heterocycles. The van der Waals surface area contributed by atoms with Crippen molar-refractivity contribution in [2.45, 2.75) is 6.54 Å². The lowest BCUT2D eigenvalue weighted by Crippen LogP contribution is -2.06. The molecule has 0 fully saturated rings. The van der Waals surface area contributed by atoms with Crippen molar-refractivity contribution in [2.75, 3.05) is 7.05 Å². The first-order valence-corrected chi connectivity index (χ1v) is 6.74. The van der Waals surface area contributed by atoms with Crippen molar-refractivity contribution < 1.29 is 0 Å². The van der Waals surface area contributed by atoms with Gasteiger partial charge in [-0.3, -0.25) is 4.68 Å². The summed E-state index contributed by atoms with van der Waals surface area (Å²) in [5.74, 6) is 0. The predicted octanol–water partition coefficient (Wildman–Crippen LogP) is 3.28. The van der Waals surface area contributed by atoms with E-state index in [-0.39, 0.29) is 0 Å². The number of nitrogens with zero attached hydrogens (tertiary/aromatic N) is 2. The first-order chi connectivity index (χ1) is 7.63. The van der Waals surface area contributed by atoms with Crippen LogP contribution in [0.3, 0.4) is 0 Å². The van der Waals surface area contributed by atoms with Gasteiger partial charge in [-0.25, -0.2) is 0 Å². The molecule has 2 heterocycles. The molecule has 0 spiro atoms. The van der Waals surface area contributed by atoms with Crippen LogP contribution in [0.2, 0.25) is 4.34 Å². The number of nitrogens with one attached hydrogen (secondary N) is 1. The van der Waals surface area contributed by atoms with Gasteiger partial charge in [0.2, 0.25) is 0 Å². The van der Waals surface area contributed by atoms with Crippen molar-refractivity contribution in [3.63, 3.8) is 0 Å². The van der Waals surface area contributed by atoms with E-state index >= 15 is 0 Å². The lowest BCUT2D eigenvalue weighted by molar-refractivity contribution is 0.716. The maximum absolute atomic E-state index is 5.94. The van der Waals surface area contributed by atoms with Crippen LogP contribution in [0.25, 0.3) is 10.6 Å².